The van der Waals surface area contributed by atoms with Gasteiger partial charge in [0.2, 0.25) is 0 Å². The van der Waals surface area contributed by atoms with Crippen molar-refractivity contribution < 1.29 is 0 Å². The summed E-state index contributed by atoms with van der Waals surface area (Å²) >= 11 is 0. The first-order chi connectivity index (χ1) is 31.1. The van der Waals surface area contributed by atoms with Crippen molar-refractivity contribution in [3.05, 3.63) is 190 Å². The smallest absolute Gasteiger partial charge is 0.0501 e. The van der Waals surface area contributed by atoms with Crippen molar-refractivity contribution >= 4 is 112 Å². The second-order valence-electron chi connectivity index (χ2n) is 17.8. The zero-order chi connectivity index (χ0) is 43.4. The number of fused-ring (bicyclic) bond motifs is 12. The molecule has 0 aliphatic heterocycles. The zero-order valence-corrected chi connectivity index (χ0v) is 37.0. The maximum Gasteiger partial charge on any atom is 0.0501 e. The highest BCUT2D eigenvalue weighted by molar-refractivity contribution is 6.19. The van der Waals surface area contributed by atoms with Crippen LogP contribution < -0.4 is 0 Å². The molecule has 64 heavy (non-hydrogen) atoms. The maximum absolute atomic E-state index is 3.52. The van der Waals surface area contributed by atoms with Crippen molar-refractivity contribution in [1.29, 1.82) is 0 Å². The molecule has 12 aromatic rings. The summed E-state index contributed by atoms with van der Waals surface area (Å²) in [4.78, 5) is 0. The largest absolute Gasteiger partial charge is 0.344 e. The third-order valence-corrected chi connectivity index (χ3v) is 13.8. The molecule has 0 aliphatic rings. The van der Waals surface area contributed by atoms with Crippen molar-refractivity contribution in [3.63, 3.8) is 0 Å². The SMILES string of the molecule is Cc1ccc(C=Cc2ccc3c4cc5c(cc4n(C)c3c2)c2ccc(C#Cc3ccc4c6cc7c(cc6n(C)c4c3)c3ccc(C=Cc4ccc(C)cc4)cc3n7C)cc2n5C)cc1. The minimum absolute atomic E-state index is 1.00. The lowest BCUT2D eigenvalue weighted by Gasteiger charge is -2.00. The molecule has 8 aromatic carbocycles. The van der Waals surface area contributed by atoms with E-state index in [1.54, 1.807) is 0 Å². The number of hydrogen-bond acceptors (Lipinski definition) is 0. The van der Waals surface area contributed by atoms with Gasteiger partial charge in [0.15, 0.2) is 0 Å². The van der Waals surface area contributed by atoms with Gasteiger partial charge in [-0.05, 0) is 96.8 Å². The molecule has 4 nitrogen and oxygen atoms in total. The van der Waals surface area contributed by atoms with Gasteiger partial charge in [0.1, 0.15) is 0 Å². The van der Waals surface area contributed by atoms with Crippen molar-refractivity contribution in [2.45, 2.75) is 13.8 Å². The van der Waals surface area contributed by atoms with Gasteiger partial charge in [-0.2, -0.15) is 0 Å². The highest BCUT2D eigenvalue weighted by Crippen LogP contribution is 2.39. The van der Waals surface area contributed by atoms with E-state index in [2.05, 4.69) is 242 Å². The molecule has 0 N–H and O–H groups in total. The maximum atomic E-state index is 3.52. The van der Waals surface area contributed by atoms with Crippen LogP contribution in [0, 0.1) is 25.7 Å². The lowest BCUT2D eigenvalue weighted by Crippen LogP contribution is -1.88. The van der Waals surface area contributed by atoms with Crippen LogP contribution in [0.3, 0.4) is 0 Å². The average Bonchev–Trinajstić information content (AvgIpc) is 3.96. The molecule has 306 valence electrons. The van der Waals surface area contributed by atoms with Crippen LogP contribution in [0.1, 0.15) is 44.5 Å². The molecule has 0 unspecified atom stereocenters. The molecule has 0 saturated carbocycles. The fourth-order valence-electron chi connectivity index (χ4n) is 10.1. The van der Waals surface area contributed by atoms with Gasteiger partial charge in [0, 0.05) is 116 Å². The molecular formula is C60H46N4. The van der Waals surface area contributed by atoms with E-state index < -0.39 is 0 Å². The number of aryl methyl sites for hydroxylation is 6. The van der Waals surface area contributed by atoms with Crippen molar-refractivity contribution in [1.82, 2.24) is 18.3 Å². The van der Waals surface area contributed by atoms with E-state index in [-0.39, 0.29) is 0 Å². The summed E-state index contributed by atoms with van der Waals surface area (Å²) < 4.78 is 9.32. The van der Waals surface area contributed by atoms with E-state index in [1.807, 2.05) is 0 Å². The first kappa shape index (κ1) is 37.7. The van der Waals surface area contributed by atoms with E-state index >= 15 is 0 Å². The van der Waals surface area contributed by atoms with Crippen molar-refractivity contribution in [2.75, 3.05) is 0 Å². The van der Waals surface area contributed by atoms with Gasteiger partial charge in [0.25, 0.3) is 0 Å². The molecule has 4 heterocycles. The number of rotatable bonds is 4. The highest BCUT2D eigenvalue weighted by Gasteiger charge is 2.17. The van der Waals surface area contributed by atoms with Gasteiger partial charge in [-0.1, -0.05) is 132 Å². The summed E-state index contributed by atoms with van der Waals surface area (Å²) in [6.07, 6.45) is 8.79. The Morgan fingerprint density at radius 1 is 0.281 bits per heavy atom. The van der Waals surface area contributed by atoms with Crippen molar-refractivity contribution in [2.24, 2.45) is 28.2 Å². The van der Waals surface area contributed by atoms with E-state index in [0.717, 1.165) is 11.1 Å². The zero-order valence-electron chi connectivity index (χ0n) is 37.0. The molecule has 0 radical (unpaired) electrons. The number of aromatic nitrogens is 4. The van der Waals surface area contributed by atoms with Gasteiger partial charge in [-0.25, -0.2) is 0 Å². The Morgan fingerprint density at radius 3 is 0.891 bits per heavy atom. The second-order valence-corrected chi connectivity index (χ2v) is 17.8. The first-order valence-electron chi connectivity index (χ1n) is 22.1. The molecule has 4 aromatic heterocycles. The monoisotopic (exact) mass is 822 g/mol. The molecule has 0 spiro atoms. The van der Waals surface area contributed by atoms with Gasteiger partial charge in [-0.15, -0.1) is 0 Å². The molecule has 0 saturated heterocycles. The first-order valence-corrected chi connectivity index (χ1v) is 22.1. The Labute approximate surface area is 372 Å². The lowest BCUT2D eigenvalue weighted by molar-refractivity contribution is 1.01. The fourth-order valence-corrected chi connectivity index (χ4v) is 10.1. The highest BCUT2D eigenvalue weighted by atomic mass is 15.0. The Kier molecular flexibility index (Phi) is 8.42. The molecule has 0 atom stereocenters. The average molecular weight is 823 g/mol. The molecule has 4 heteroatoms. The summed E-state index contributed by atoms with van der Waals surface area (Å²) in [6.45, 7) is 4.25. The Hall–Kier alpha value is -8.00. The molecule has 0 fully saturated rings. The van der Waals surface area contributed by atoms with Crippen molar-refractivity contribution in [3.8, 4) is 11.8 Å². The molecule has 12 rings (SSSR count). The fraction of sp³-hybridized carbons (Fsp3) is 0.100. The minimum atomic E-state index is 1.00. The summed E-state index contributed by atoms with van der Waals surface area (Å²) in [7, 11) is 8.72. The van der Waals surface area contributed by atoms with Crippen LogP contribution in [-0.2, 0) is 28.2 Å². The van der Waals surface area contributed by atoms with E-state index in [1.165, 1.54) is 121 Å². The number of hydrogen-bond donors (Lipinski definition) is 0. The van der Waals surface area contributed by atoms with Gasteiger partial charge < -0.3 is 18.3 Å². The van der Waals surface area contributed by atoms with Crippen LogP contribution >= 0.6 is 0 Å². The Balaban J connectivity index is 0.858. The van der Waals surface area contributed by atoms with Gasteiger partial charge in [0.05, 0.1) is 11.0 Å². The quantitative estimate of drug-likeness (QED) is 0.124. The van der Waals surface area contributed by atoms with Crippen LogP contribution in [0.15, 0.2) is 146 Å². The van der Waals surface area contributed by atoms with Crippen LogP contribution in [-0.4, -0.2) is 18.3 Å². The van der Waals surface area contributed by atoms with Crippen LogP contribution in [0.25, 0.3) is 112 Å². The standard InChI is InChI=1S/C60H46N4/c1-37-7-11-39(12-8-37)15-17-41-21-25-45-49-33-59-51(35-57(49)61(3)53(45)29-41)47-27-23-43(31-55(47)63(59)5)19-20-44-24-28-48-52-36-58-50(34-60(52)64(6)56(48)32-44)46-26-22-42(30-54(46)62(58)4)18-16-40-13-9-38(2)10-14-40/h7-18,21-36H,1-6H3. The third kappa shape index (κ3) is 6.00. The van der Waals surface area contributed by atoms with Crippen LogP contribution in [0.2, 0.25) is 0 Å². The minimum Gasteiger partial charge on any atom is -0.344 e. The number of benzene rings is 8. The summed E-state index contributed by atoms with van der Waals surface area (Å²) in [5.74, 6) is 7.03. The van der Waals surface area contributed by atoms with Crippen LogP contribution in [0.4, 0.5) is 0 Å². The Bertz CT molecular complexity index is 3790. The van der Waals surface area contributed by atoms with E-state index in [9.17, 15) is 0 Å². The summed E-state index contributed by atoms with van der Waals surface area (Å²) in [5.41, 5.74) is 19.1. The lowest BCUT2D eigenvalue weighted by atomic mass is 10.1. The number of nitrogens with zero attached hydrogens (tertiary/aromatic N) is 4. The Morgan fingerprint density at radius 2 is 0.547 bits per heavy atom. The predicted octanol–water partition coefficient (Wildman–Crippen LogP) is 14.6. The van der Waals surface area contributed by atoms with E-state index in [4.69, 9.17) is 0 Å². The van der Waals surface area contributed by atoms with E-state index in [0.29, 0.717) is 0 Å². The van der Waals surface area contributed by atoms with Crippen LogP contribution in [0.5, 0.6) is 0 Å². The van der Waals surface area contributed by atoms with Gasteiger partial charge in [-0.3, -0.25) is 0 Å². The summed E-state index contributed by atoms with van der Waals surface area (Å²) in [5, 5.41) is 10.1. The predicted molar refractivity (Wildman–Crippen MR) is 275 cm³/mol. The summed E-state index contributed by atoms with van der Waals surface area (Å²) in [6, 6.07) is 53.7. The molecular weight excluding hydrogens is 777 g/mol. The molecule has 0 bridgehead atoms. The third-order valence-electron chi connectivity index (χ3n) is 13.8. The normalized spacial score (nSPS) is 12.3. The second kappa shape index (κ2) is 14.3. The molecule has 0 aliphatic carbocycles. The molecule has 0 amide bonds. The topological polar surface area (TPSA) is 19.7 Å². The van der Waals surface area contributed by atoms with Gasteiger partial charge >= 0.3 is 0 Å².